The van der Waals surface area contributed by atoms with Gasteiger partial charge < -0.3 is 14.5 Å². The first-order chi connectivity index (χ1) is 17.9. The Morgan fingerprint density at radius 3 is 2.37 bits per heavy atom. The van der Waals surface area contributed by atoms with E-state index < -0.39 is 12.1 Å². The van der Waals surface area contributed by atoms with Gasteiger partial charge in [-0.05, 0) is 67.3 Å². The van der Waals surface area contributed by atoms with Gasteiger partial charge in [0.15, 0.2) is 0 Å². The molecular formula is C28H32ClF3N2O3S. The zero-order valence-corrected chi connectivity index (χ0v) is 23.4. The summed E-state index contributed by atoms with van der Waals surface area (Å²) in [5, 5.41) is 2.50. The van der Waals surface area contributed by atoms with Gasteiger partial charge in [-0.2, -0.15) is 0 Å². The number of halogens is 4. The Kier molecular flexibility index (Phi) is 10.2. The van der Waals surface area contributed by atoms with Gasteiger partial charge in [0.05, 0.1) is 24.4 Å². The number of carbonyl (C=O) groups excluding carboxylic acids is 1. The number of thioether (sulfide) groups is 1. The number of carbonyl (C=O) groups is 1. The number of rotatable bonds is 12. The second kappa shape index (κ2) is 13.0. The molecule has 5 nitrogen and oxygen atoms in total. The molecule has 10 heteroatoms. The Balaban J connectivity index is 1.70. The van der Waals surface area contributed by atoms with Gasteiger partial charge in [-0.1, -0.05) is 44.5 Å². The Hall–Kier alpha value is -2.62. The zero-order chi connectivity index (χ0) is 27.9. The predicted octanol–water partition coefficient (Wildman–Crippen LogP) is 8.45. The van der Waals surface area contributed by atoms with Crippen LogP contribution >= 0.6 is 23.4 Å². The average molecular weight is 569 g/mol. The van der Waals surface area contributed by atoms with E-state index in [2.05, 4.69) is 55.1 Å². The number of nitrogens with one attached hydrogen (secondary N) is 1. The van der Waals surface area contributed by atoms with Crippen LogP contribution in [-0.2, 0) is 17.9 Å². The SMILES string of the molecule is CCC(C)(CC)Sc1ccc(CN(CC(=O)Nc2cc(Cl)c(OC(F)(F)F)cc2C)Cc2ccco2)cc1. The molecule has 0 aliphatic rings. The average Bonchev–Trinajstić information content (AvgIpc) is 3.35. The summed E-state index contributed by atoms with van der Waals surface area (Å²) in [6, 6.07) is 14.3. The van der Waals surface area contributed by atoms with Crippen molar-refractivity contribution >= 4 is 35.0 Å². The van der Waals surface area contributed by atoms with E-state index in [1.165, 1.54) is 11.0 Å². The first kappa shape index (κ1) is 29.9. The van der Waals surface area contributed by atoms with Crippen LogP contribution < -0.4 is 10.1 Å². The molecule has 0 atom stereocenters. The van der Waals surface area contributed by atoms with E-state index >= 15 is 0 Å². The molecule has 1 heterocycles. The van der Waals surface area contributed by atoms with Gasteiger partial charge in [0.1, 0.15) is 11.5 Å². The summed E-state index contributed by atoms with van der Waals surface area (Å²) < 4.78 is 47.4. The first-order valence-corrected chi connectivity index (χ1v) is 13.5. The lowest BCUT2D eigenvalue weighted by Gasteiger charge is -2.26. The van der Waals surface area contributed by atoms with Crippen molar-refractivity contribution in [1.29, 1.82) is 0 Å². The quantitative estimate of drug-likeness (QED) is 0.222. The largest absolute Gasteiger partial charge is 0.573 e. The van der Waals surface area contributed by atoms with Crippen LogP contribution in [0.4, 0.5) is 18.9 Å². The summed E-state index contributed by atoms with van der Waals surface area (Å²) in [7, 11) is 0. The minimum Gasteiger partial charge on any atom is -0.468 e. The van der Waals surface area contributed by atoms with Crippen molar-refractivity contribution in [3.63, 3.8) is 0 Å². The van der Waals surface area contributed by atoms with Gasteiger partial charge in [-0.25, -0.2) is 0 Å². The van der Waals surface area contributed by atoms with Gasteiger partial charge in [0.2, 0.25) is 5.91 Å². The molecule has 38 heavy (non-hydrogen) atoms. The second-order valence-electron chi connectivity index (χ2n) is 9.32. The van der Waals surface area contributed by atoms with Crippen molar-refractivity contribution in [2.75, 3.05) is 11.9 Å². The van der Waals surface area contributed by atoms with E-state index in [-0.39, 0.29) is 22.2 Å². The summed E-state index contributed by atoms with van der Waals surface area (Å²) in [6.07, 6.45) is -1.14. The maximum atomic E-state index is 13.0. The van der Waals surface area contributed by atoms with Crippen molar-refractivity contribution < 1.29 is 27.1 Å². The van der Waals surface area contributed by atoms with E-state index in [1.807, 2.05) is 22.7 Å². The van der Waals surface area contributed by atoms with Crippen molar-refractivity contribution in [2.24, 2.45) is 0 Å². The first-order valence-electron chi connectivity index (χ1n) is 12.3. The molecule has 3 rings (SSSR count). The fourth-order valence-electron chi connectivity index (χ4n) is 3.78. The standard InChI is InChI=1S/C28H32ClF3N2O3S/c1-5-27(4,6-2)38-22-11-9-20(10-12-22)16-34(17-21-8-7-13-36-21)18-26(35)33-24-15-23(29)25(14-19(24)3)37-28(30,31)32/h7-15H,5-6,16-18H2,1-4H3,(H,33,35). The smallest absolute Gasteiger partial charge is 0.468 e. The van der Waals surface area contributed by atoms with Crippen LogP contribution in [-0.4, -0.2) is 28.5 Å². The number of anilines is 1. The normalized spacial score (nSPS) is 12.1. The summed E-state index contributed by atoms with van der Waals surface area (Å²) in [4.78, 5) is 16.1. The van der Waals surface area contributed by atoms with Crippen molar-refractivity contribution in [1.82, 2.24) is 4.90 Å². The van der Waals surface area contributed by atoms with Gasteiger partial charge in [0, 0.05) is 21.9 Å². The molecule has 1 amide bonds. The number of aryl methyl sites for hydroxylation is 1. The maximum Gasteiger partial charge on any atom is 0.573 e. The molecule has 0 aliphatic carbocycles. The van der Waals surface area contributed by atoms with Crippen LogP contribution in [0.5, 0.6) is 5.75 Å². The van der Waals surface area contributed by atoms with Gasteiger partial charge >= 0.3 is 6.36 Å². The third kappa shape index (κ3) is 8.99. The number of benzene rings is 2. The number of hydrogen-bond acceptors (Lipinski definition) is 5. The van der Waals surface area contributed by atoms with Gasteiger partial charge in [-0.3, -0.25) is 9.69 Å². The molecule has 0 bridgehead atoms. The Bertz CT molecular complexity index is 1200. The molecule has 0 saturated heterocycles. The van der Waals surface area contributed by atoms with Crippen LogP contribution in [0.25, 0.3) is 0 Å². The molecule has 0 saturated carbocycles. The van der Waals surface area contributed by atoms with E-state index in [4.69, 9.17) is 16.0 Å². The Morgan fingerprint density at radius 1 is 1.11 bits per heavy atom. The Labute approximate surface area is 230 Å². The van der Waals surface area contributed by atoms with Gasteiger partial charge in [0.25, 0.3) is 0 Å². The highest BCUT2D eigenvalue weighted by Gasteiger charge is 2.32. The number of nitrogens with zero attached hydrogens (tertiary/aromatic N) is 1. The summed E-state index contributed by atoms with van der Waals surface area (Å²) >= 11 is 7.84. The molecule has 0 fully saturated rings. The van der Waals surface area contributed by atoms with E-state index in [1.54, 1.807) is 19.3 Å². The minimum atomic E-state index is -4.87. The third-order valence-electron chi connectivity index (χ3n) is 6.29. The predicted molar refractivity (Wildman–Crippen MR) is 146 cm³/mol. The van der Waals surface area contributed by atoms with Crippen LogP contribution in [0.15, 0.2) is 64.1 Å². The van der Waals surface area contributed by atoms with Crippen LogP contribution in [0, 0.1) is 6.92 Å². The van der Waals surface area contributed by atoms with Crippen molar-refractivity contribution in [3.05, 3.63) is 76.7 Å². The Morgan fingerprint density at radius 2 is 1.79 bits per heavy atom. The van der Waals surface area contributed by atoms with Crippen LogP contribution in [0.3, 0.4) is 0 Å². The number of furan rings is 1. The van der Waals surface area contributed by atoms with E-state index in [0.29, 0.717) is 30.1 Å². The number of amides is 1. The molecule has 2 aromatic carbocycles. The van der Waals surface area contributed by atoms with Crippen LogP contribution in [0.1, 0.15) is 50.5 Å². The molecule has 0 spiro atoms. The number of alkyl halides is 3. The molecule has 1 aromatic heterocycles. The minimum absolute atomic E-state index is 0.0266. The molecule has 0 aliphatic heterocycles. The van der Waals surface area contributed by atoms with Crippen molar-refractivity contribution in [3.8, 4) is 5.75 Å². The number of ether oxygens (including phenoxy) is 1. The molecule has 0 radical (unpaired) electrons. The lowest BCUT2D eigenvalue weighted by Crippen LogP contribution is -2.32. The highest BCUT2D eigenvalue weighted by molar-refractivity contribution is 8.00. The third-order valence-corrected chi connectivity index (χ3v) is 8.17. The lowest BCUT2D eigenvalue weighted by atomic mass is 10.1. The fourth-order valence-corrected chi connectivity index (χ4v) is 5.11. The van der Waals surface area contributed by atoms with Crippen LogP contribution in [0.2, 0.25) is 5.02 Å². The highest BCUT2D eigenvalue weighted by atomic mass is 35.5. The van der Waals surface area contributed by atoms with Crippen molar-refractivity contribution in [2.45, 2.75) is 69.6 Å². The second-order valence-corrected chi connectivity index (χ2v) is 11.4. The summed E-state index contributed by atoms with van der Waals surface area (Å²) in [6.45, 7) is 9.15. The highest BCUT2D eigenvalue weighted by Crippen LogP contribution is 2.38. The molecule has 206 valence electrons. The summed E-state index contributed by atoms with van der Waals surface area (Å²) in [5.74, 6) is -0.150. The fraction of sp³-hybridized carbons (Fsp3) is 0.393. The van der Waals surface area contributed by atoms with Gasteiger partial charge in [-0.15, -0.1) is 24.9 Å². The number of hydrogen-bond donors (Lipinski definition) is 1. The molecular weight excluding hydrogens is 537 g/mol. The topological polar surface area (TPSA) is 54.7 Å². The molecule has 1 N–H and O–H groups in total. The maximum absolute atomic E-state index is 13.0. The summed E-state index contributed by atoms with van der Waals surface area (Å²) in [5.41, 5.74) is 1.74. The lowest BCUT2D eigenvalue weighted by molar-refractivity contribution is -0.274. The van der Waals surface area contributed by atoms with E-state index in [0.717, 1.165) is 24.5 Å². The van der Waals surface area contributed by atoms with E-state index in [9.17, 15) is 18.0 Å². The molecule has 3 aromatic rings. The monoisotopic (exact) mass is 568 g/mol. The molecule has 0 unspecified atom stereocenters. The zero-order valence-electron chi connectivity index (χ0n) is 21.8.